The molecule has 0 bridgehead atoms. The van der Waals surface area contributed by atoms with Gasteiger partial charge in [-0.3, -0.25) is 4.99 Å². The van der Waals surface area contributed by atoms with Crippen molar-refractivity contribution in [2.75, 3.05) is 19.4 Å². The minimum Gasteiger partial charge on any atom is -0.506 e. The standard InChI is InChI=1S/C22H25NO4S/c1-14-5-7-18(28-3)12-17(14)10-16-6-4-15(2)19(11-16)21(25)20(22(26)27)13-23-8-9-24/h4-7,11-13,24-25H,8-10H2,1-3H3,(H,26,27). The second-order valence-electron chi connectivity index (χ2n) is 6.44. The number of rotatable bonds is 8. The molecule has 6 heteroatoms. The molecular formula is C22H25NO4S. The Hall–Kier alpha value is -2.57. The largest absolute Gasteiger partial charge is 0.506 e. The number of thioether (sulfide) groups is 1. The Labute approximate surface area is 169 Å². The molecule has 0 atom stereocenters. The van der Waals surface area contributed by atoms with Crippen LogP contribution in [0.1, 0.15) is 27.8 Å². The minimum atomic E-state index is -1.27. The van der Waals surface area contributed by atoms with Crippen LogP contribution in [-0.2, 0) is 11.2 Å². The van der Waals surface area contributed by atoms with Gasteiger partial charge in [-0.15, -0.1) is 11.8 Å². The lowest BCUT2D eigenvalue weighted by molar-refractivity contribution is -0.132. The summed E-state index contributed by atoms with van der Waals surface area (Å²) in [4.78, 5) is 16.6. The zero-order chi connectivity index (χ0) is 20.7. The lowest BCUT2D eigenvalue weighted by Crippen LogP contribution is -2.07. The summed E-state index contributed by atoms with van der Waals surface area (Å²) in [5.74, 6) is -1.60. The SMILES string of the molecule is CSc1ccc(C)c(Cc2ccc(C)c(C(O)=C(C=NCCO)C(=O)O)c2)c1. The van der Waals surface area contributed by atoms with Crippen LogP contribution in [0.15, 0.2) is 51.9 Å². The van der Waals surface area contributed by atoms with E-state index >= 15 is 0 Å². The van der Waals surface area contributed by atoms with Crippen LogP contribution in [0.2, 0.25) is 0 Å². The number of carboxylic acid groups (broad SMARTS) is 1. The van der Waals surface area contributed by atoms with Gasteiger partial charge in [0.1, 0.15) is 11.3 Å². The predicted molar refractivity (Wildman–Crippen MR) is 115 cm³/mol. The number of benzene rings is 2. The monoisotopic (exact) mass is 399 g/mol. The van der Waals surface area contributed by atoms with E-state index in [1.807, 2.05) is 31.4 Å². The zero-order valence-electron chi connectivity index (χ0n) is 16.3. The maximum absolute atomic E-state index is 11.5. The number of carbonyl (C=O) groups is 1. The van der Waals surface area contributed by atoms with Crippen LogP contribution in [0.25, 0.3) is 5.76 Å². The van der Waals surface area contributed by atoms with Crippen LogP contribution >= 0.6 is 11.8 Å². The van der Waals surface area contributed by atoms with E-state index in [1.165, 1.54) is 16.0 Å². The van der Waals surface area contributed by atoms with Crippen LogP contribution in [0, 0.1) is 13.8 Å². The average molecular weight is 400 g/mol. The van der Waals surface area contributed by atoms with Crippen LogP contribution < -0.4 is 0 Å². The van der Waals surface area contributed by atoms with Crippen molar-refractivity contribution in [1.82, 2.24) is 0 Å². The molecule has 0 fully saturated rings. The van der Waals surface area contributed by atoms with Crippen LogP contribution in [0.3, 0.4) is 0 Å². The average Bonchev–Trinajstić information content (AvgIpc) is 2.67. The molecule has 2 rings (SSSR count). The molecule has 0 saturated carbocycles. The van der Waals surface area contributed by atoms with E-state index in [-0.39, 0.29) is 24.5 Å². The Morgan fingerprint density at radius 3 is 2.46 bits per heavy atom. The molecule has 3 N–H and O–H groups in total. The van der Waals surface area contributed by atoms with Gasteiger partial charge in [-0.2, -0.15) is 0 Å². The van der Waals surface area contributed by atoms with E-state index < -0.39 is 5.97 Å². The third-order valence-corrected chi connectivity index (χ3v) is 5.17. The van der Waals surface area contributed by atoms with E-state index in [4.69, 9.17) is 5.11 Å². The van der Waals surface area contributed by atoms with Gasteiger partial charge in [0.15, 0.2) is 0 Å². The van der Waals surface area contributed by atoms with Crippen molar-refractivity contribution in [1.29, 1.82) is 0 Å². The quantitative estimate of drug-likeness (QED) is 0.270. The number of aliphatic hydroxyl groups excluding tert-OH is 2. The first-order valence-electron chi connectivity index (χ1n) is 8.88. The van der Waals surface area contributed by atoms with Gasteiger partial charge in [0.25, 0.3) is 0 Å². The fraction of sp³-hybridized carbons (Fsp3) is 0.273. The molecule has 2 aromatic rings. The van der Waals surface area contributed by atoms with Gasteiger partial charge in [-0.05, 0) is 67.0 Å². The number of nitrogens with zero attached hydrogens (tertiary/aromatic N) is 1. The molecule has 0 amide bonds. The summed E-state index contributed by atoms with van der Waals surface area (Å²) in [6.07, 6.45) is 3.81. The van der Waals surface area contributed by atoms with Crippen molar-refractivity contribution in [2.45, 2.75) is 25.2 Å². The van der Waals surface area contributed by atoms with Crippen LogP contribution in [0.4, 0.5) is 0 Å². The van der Waals surface area contributed by atoms with Crippen LogP contribution in [-0.4, -0.2) is 46.9 Å². The normalized spacial score (nSPS) is 12.3. The lowest BCUT2D eigenvalue weighted by atomic mass is 9.95. The second-order valence-corrected chi connectivity index (χ2v) is 7.32. The predicted octanol–water partition coefficient (Wildman–Crippen LogP) is 4.03. The summed E-state index contributed by atoms with van der Waals surface area (Å²) in [7, 11) is 0. The molecule has 0 aliphatic carbocycles. The summed E-state index contributed by atoms with van der Waals surface area (Å²) < 4.78 is 0. The highest BCUT2D eigenvalue weighted by molar-refractivity contribution is 7.98. The Morgan fingerprint density at radius 1 is 1.11 bits per heavy atom. The summed E-state index contributed by atoms with van der Waals surface area (Å²) in [6, 6.07) is 12.0. The molecule has 2 aromatic carbocycles. The summed E-state index contributed by atoms with van der Waals surface area (Å²) in [6.45, 7) is 3.77. The molecule has 0 aliphatic rings. The molecule has 148 valence electrons. The third-order valence-electron chi connectivity index (χ3n) is 4.44. The van der Waals surface area contributed by atoms with Crippen molar-refractivity contribution >= 4 is 29.7 Å². The third kappa shape index (κ3) is 5.47. The van der Waals surface area contributed by atoms with Gasteiger partial charge in [0.2, 0.25) is 0 Å². The first kappa shape index (κ1) is 21.7. The van der Waals surface area contributed by atoms with E-state index in [0.29, 0.717) is 12.0 Å². The lowest BCUT2D eigenvalue weighted by Gasteiger charge is -2.12. The van der Waals surface area contributed by atoms with Gasteiger partial charge in [0, 0.05) is 16.7 Å². The highest BCUT2D eigenvalue weighted by atomic mass is 32.2. The smallest absolute Gasteiger partial charge is 0.341 e. The maximum Gasteiger partial charge on any atom is 0.341 e. The molecule has 0 aliphatic heterocycles. The molecule has 0 heterocycles. The molecule has 0 aromatic heterocycles. The Morgan fingerprint density at radius 2 is 1.82 bits per heavy atom. The number of hydrogen-bond acceptors (Lipinski definition) is 5. The Balaban J connectivity index is 2.44. The van der Waals surface area contributed by atoms with Gasteiger partial charge in [0.05, 0.1) is 13.2 Å². The Bertz CT molecular complexity index is 919. The van der Waals surface area contributed by atoms with Crippen LogP contribution in [0.5, 0.6) is 0 Å². The molecular weight excluding hydrogens is 374 g/mol. The molecule has 0 unspecified atom stereocenters. The van der Waals surface area contributed by atoms with E-state index in [1.54, 1.807) is 11.8 Å². The maximum atomic E-state index is 11.5. The highest BCUT2D eigenvalue weighted by Crippen LogP contribution is 2.25. The molecule has 0 radical (unpaired) electrons. The first-order chi connectivity index (χ1) is 13.4. The van der Waals surface area contributed by atoms with Crippen molar-refractivity contribution in [3.05, 3.63) is 69.8 Å². The summed E-state index contributed by atoms with van der Waals surface area (Å²) >= 11 is 1.68. The number of aryl methyl sites for hydroxylation is 2. The number of carboxylic acids is 1. The Kier molecular flexibility index (Phi) is 7.84. The van der Waals surface area contributed by atoms with Gasteiger partial charge < -0.3 is 15.3 Å². The fourth-order valence-corrected chi connectivity index (χ4v) is 3.26. The minimum absolute atomic E-state index is 0.0775. The molecule has 0 spiro atoms. The van der Waals surface area contributed by atoms with Gasteiger partial charge in [-0.1, -0.05) is 18.2 Å². The molecule has 5 nitrogen and oxygen atoms in total. The zero-order valence-corrected chi connectivity index (χ0v) is 17.1. The van der Waals surface area contributed by atoms with E-state index in [0.717, 1.165) is 17.3 Å². The number of hydrogen-bond donors (Lipinski definition) is 3. The van der Waals surface area contributed by atoms with Crippen molar-refractivity contribution in [3.63, 3.8) is 0 Å². The van der Waals surface area contributed by atoms with Crippen molar-refractivity contribution in [3.8, 4) is 0 Å². The second kappa shape index (κ2) is 10.1. The highest BCUT2D eigenvalue weighted by Gasteiger charge is 2.16. The van der Waals surface area contributed by atoms with E-state index in [9.17, 15) is 15.0 Å². The number of aliphatic imine (C=N–C) groups is 1. The van der Waals surface area contributed by atoms with Gasteiger partial charge in [-0.25, -0.2) is 4.79 Å². The molecule has 28 heavy (non-hydrogen) atoms. The van der Waals surface area contributed by atoms with E-state index in [2.05, 4.69) is 30.1 Å². The first-order valence-corrected chi connectivity index (χ1v) is 10.1. The summed E-state index contributed by atoms with van der Waals surface area (Å²) in [5.41, 5.74) is 4.28. The van der Waals surface area contributed by atoms with Crippen molar-refractivity contribution < 1.29 is 20.1 Å². The van der Waals surface area contributed by atoms with Crippen molar-refractivity contribution in [2.24, 2.45) is 4.99 Å². The molecule has 0 saturated heterocycles. The fourth-order valence-electron chi connectivity index (χ4n) is 2.80. The summed E-state index contributed by atoms with van der Waals surface area (Å²) in [5, 5.41) is 28.8. The number of aliphatic carboxylic acids is 1. The van der Waals surface area contributed by atoms with Gasteiger partial charge >= 0.3 is 5.97 Å². The topological polar surface area (TPSA) is 90.1 Å². The number of aliphatic hydroxyl groups is 2.